The average molecular weight is 675 g/mol. The molecule has 2 fully saturated rings. The molecule has 1 saturated heterocycles. The number of ether oxygens (including phenoxy) is 2. The summed E-state index contributed by atoms with van der Waals surface area (Å²) in [6.07, 6.45) is -0.170. The minimum atomic E-state index is -3.69. The van der Waals surface area contributed by atoms with Crippen molar-refractivity contribution in [3.05, 3.63) is 23.3 Å². The maximum absolute atomic E-state index is 13.1. The van der Waals surface area contributed by atoms with E-state index in [1.54, 1.807) is 33.1 Å². The van der Waals surface area contributed by atoms with Gasteiger partial charge in [0.25, 0.3) is 0 Å². The zero-order valence-electron chi connectivity index (χ0n) is 27.6. The number of piperazine rings is 1. The first kappa shape index (κ1) is 39.3. The molecule has 1 aliphatic carbocycles. The van der Waals surface area contributed by atoms with Gasteiger partial charge in [0.15, 0.2) is 12.2 Å². The number of aliphatic hydroxyl groups excluding tert-OH is 2. The number of carbonyl (C=O) groups excluding carboxylic acids is 1. The summed E-state index contributed by atoms with van der Waals surface area (Å²) in [5.41, 5.74) is 1.28. The zero-order valence-corrected chi connectivity index (χ0v) is 28.4. The third kappa shape index (κ3) is 10.9. The number of nitrogens with zero attached hydrogens (tertiary/aromatic N) is 4. The molecule has 0 unspecified atom stereocenters. The molecule has 4 N–H and O–H groups in total. The number of aliphatic hydroxyl groups is 2. The molecule has 16 heteroatoms. The summed E-state index contributed by atoms with van der Waals surface area (Å²) < 4.78 is 38.4. The maximum Gasteiger partial charge on any atom is 0.335 e. The average Bonchev–Trinajstić information content (AvgIpc) is 3.01. The first-order valence-corrected chi connectivity index (χ1v) is 16.6. The van der Waals surface area contributed by atoms with Crippen LogP contribution in [0.4, 0.5) is 0 Å². The fourth-order valence-electron chi connectivity index (χ4n) is 5.65. The summed E-state index contributed by atoms with van der Waals surface area (Å²) in [5.74, 6) is -2.96. The van der Waals surface area contributed by atoms with Gasteiger partial charge in [0.1, 0.15) is 12.4 Å². The molecule has 0 radical (unpaired) electrons. The van der Waals surface area contributed by atoms with E-state index in [2.05, 4.69) is 16.8 Å². The Labute approximate surface area is 271 Å². The van der Waals surface area contributed by atoms with E-state index in [1.165, 1.54) is 17.8 Å². The van der Waals surface area contributed by atoms with Crippen LogP contribution in [0.25, 0.3) is 0 Å². The Balaban J connectivity index is 0.000000634. The third-order valence-corrected chi connectivity index (χ3v) is 10.7. The van der Waals surface area contributed by atoms with E-state index in [9.17, 15) is 22.8 Å². The lowest BCUT2D eigenvalue weighted by atomic mass is 9.88. The number of carboxylic acids is 2. The molecule has 46 heavy (non-hydrogen) atoms. The Morgan fingerprint density at radius 2 is 1.52 bits per heavy atom. The van der Waals surface area contributed by atoms with E-state index in [0.717, 1.165) is 45.4 Å². The van der Waals surface area contributed by atoms with Gasteiger partial charge in [-0.05, 0) is 69.8 Å². The Morgan fingerprint density at radius 3 is 2.02 bits per heavy atom. The fourth-order valence-corrected chi connectivity index (χ4v) is 7.21. The highest BCUT2D eigenvalue weighted by molar-refractivity contribution is 7.89. The van der Waals surface area contributed by atoms with Crippen molar-refractivity contribution in [2.75, 3.05) is 74.2 Å². The van der Waals surface area contributed by atoms with Crippen molar-refractivity contribution < 1.29 is 52.7 Å². The lowest BCUT2D eigenvalue weighted by Gasteiger charge is -2.43. The number of benzene rings is 1. The normalized spacial score (nSPS) is 20.7. The fraction of sp³-hybridized carbons (Fsp3) is 0.700. The van der Waals surface area contributed by atoms with E-state index >= 15 is 0 Å². The van der Waals surface area contributed by atoms with Gasteiger partial charge in [-0.1, -0.05) is 0 Å². The van der Waals surface area contributed by atoms with E-state index < -0.39 is 34.2 Å². The van der Waals surface area contributed by atoms with Crippen LogP contribution in [0.5, 0.6) is 5.75 Å². The lowest BCUT2D eigenvalue weighted by Crippen LogP contribution is -2.52. The molecule has 1 aliphatic heterocycles. The van der Waals surface area contributed by atoms with Crippen LogP contribution >= 0.6 is 0 Å². The van der Waals surface area contributed by atoms with Gasteiger partial charge in [0.05, 0.1) is 18.6 Å². The van der Waals surface area contributed by atoms with Crippen LogP contribution in [0.15, 0.2) is 17.0 Å². The molecule has 1 heterocycles. The van der Waals surface area contributed by atoms with E-state index in [0.29, 0.717) is 22.9 Å². The molecule has 15 nitrogen and oxygen atoms in total. The second-order valence-corrected chi connectivity index (χ2v) is 13.8. The van der Waals surface area contributed by atoms with Crippen LogP contribution in [0.3, 0.4) is 0 Å². The van der Waals surface area contributed by atoms with Crippen LogP contribution in [0, 0.1) is 13.8 Å². The minimum Gasteiger partial charge on any atom is -0.497 e. The summed E-state index contributed by atoms with van der Waals surface area (Å²) in [6, 6.07) is 4.21. The number of carbonyl (C=O) groups is 3. The molecule has 1 aromatic carbocycles. The lowest BCUT2D eigenvalue weighted by molar-refractivity contribution is -0.165. The summed E-state index contributed by atoms with van der Waals surface area (Å²) in [6.45, 7) is 8.21. The van der Waals surface area contributed by atoms with Gasteiger partial charge in [-0.3, -0.25) is 9.69 Å². The Hall–Kier alpha value is -2.86. The highest BCUT2D eigenvalue weighted by Crippen LogP contribution is 2.28. The zero-order chi connectivity index (χ0) is 34.8. The first-order chi connectivity index (χ1) is 21.5. The highest BCUT2D eigenvalue weighted by atomic mass is 32.2. The van der Waals surface area contributed by atoms with Gasteiger partial charge in [0, 0.05) is 58.9 Å². The van der Waals surface area contributed by atoms with Gasteiger partial charge in [-0.2, -0.15) is 4.31 Å². The summed E-state index contributed by atoms with van der Waals surface area (Å²) in [5, 5.41) is 32.5. The van der Waals surface area contributed by atoms with Crippen LogP contribution < -0.4 is 4.74 Å². The van der Waals surface area contributed by atoms with Crippen LogP contribution in [0.2, 0.25) is 0 Å². The van der Waals surface area contributed by atoms with Crippen LogP contribution in [0.1, 0.15) is 36.8 Å². The van der Waals surface area contributed by atoms with E-state index in [4.69, 9.17) is 29.9 Å². The molecule has 0 aromatic heterocycles. The monoisotopic (exact) mass is 674 g/mol. The molecular formula is C30H50N4O11S. The van der Waals surface area contributed by atoms with Crippen LogP contribution in [-0.4, -0.2) is 164 Å². The van der Waals surface area contributed by atoms with Gasteiger partial charge >= 0.3 is 11.9 Å². The first-order valence-electron chi connectivity index (χ1n) is 15.2. The quantitative estimate of drug-likeness (QED) is 0.202. The van der Waals surface area contributed by atoms with E-state index in [1.807, 2.05) is 11.9 Å². The van der Waals surface area contributed by atoms with Gasteiger partial charge in [0.2, 0.25) is 15.9 Å². The molecule has 2 aliphatic rings. The van der Waals surface area contributed by atoms with Crippen molar-refractivity contribution in [2.24, 2.45) is 0 Å². The highest BCUT2D eigenvalue weighted by Gasteiger charge is 2.32. The number of amides is 1. The maximum atomic E-state index is 13.1. The predicted octanol–water partition coefficient (Wildman–Crippen LogP) is -0.156. The van der Waals surface area contributed by atoms with Crippen molar-refractivity contribution in [1.29, 1.82) is 0 Å². The number of aryl methyl sites for hydroxylation is 2. The summed E-state index contributed by atoms with van der Waals surface area (Å²) in [4.78, 5) is 39.4. The van der Waals surface area contributed by atoms with Crippen molar-refractivity contribution in [1.82, 2.24) is 19.0 Å². The molecule has 1 saturated carbocycles. The molecule has 0 spiro atoms. The number of likely N-dealkylation sites (N-methyl/N-ethyl adjacent to an activating group) is 3. The Bertz CT molecular complexity index is 1250. The number of aliphatic carboxylic acids is 2. The number of hydrogen-bond acceptors (Lipinski definition) is 11. The SMILES string of the molecule is COc1cc(C)c(S(=O)(=O)N(C)CCOCC(=O)N(C)[C@H]2CCC[C@@H](N3CCN(C)CC3)C2)c(C)c1.O=C(O)[C@H](O)[C@@H](O)C(=O)O. The number of carboxylic acid groups (broad SMARTS) is 2. The van der Waals surface area contributed by atoms with Crippen molar-refractivity contribution in [2.45, 2.75) is 68.7 Å². The number of sulfonamides is 1. The largest absolute Gasteiger partial charge is 0.497 e. The topological polar surface area (TPSA) is 198 Å². The number of methoxy groups -OCH3 is 1. The second-order valence-electron chi connectivity index (χ2n) is 11.9. The number of rotatable bonds is 13. The minimum absolute atomic E-state index is 0.0410. The molecule has 4 atom stereocenters. The molecular weight excluding hydrogens is 624 g/mol. The Kier molecular flexibility index (Phi) is 15.3. The smallest absolute Gasteiger partial charge is 0.335 e. The second kappa shape index (κ2) is 17.9. The molecule has 1 aromatic rings. The molecule has 1 amide bonds. The van der Waals surface area contributed by atoms with Crippen molar-refractivity contribution >= 4 is 27.9 Å². The predicted molar refractivity (Wildman–Crippen MR) is 168 cm³/mol. The standard InChI is InChI=1S/C26H44N4O5S.C4H6O6/c1-20-16-24(34-6)17-21(2)26(20)36(32,33)28(4)14-15-35-19-25(31)29(5)22-8-7-9-23(18-22)30-12-10-27(3)11-13-30;5-1(3(7)8)2(6)4(9)10/h16-17,22-23H,7-15,18-19H2,1-6H3;1-2,5-6H,(H,7,8)(H,9,10)/t22-,23+;1-,2-/m01/s1. The van der Waals surface area contributed by atoms with Gasteiger partial charge in [-0.25, -0.2) is 18.0 Å². The van der Waals surface area contributed by atoms with Crippen molar-refractivity contribution in [3.8, 4) is 5.75 Å². The summed E-state index contributed by atoms with van der Waals surface area (Å²) >= 11 is 0. The van der Waals surface area contributed by atoms with Crippen molar-refractivity contribution in [3.63, 3.8) is 0 Å². The number of hydrogen-bond donors (Lipinski definition) is 4. The molecule has 3 rings (SSSR count). The van der Waals surface area contributed by atoms with E-state index in [-0.39, 0.29) is 36.6 Å². The Morgan fingerprint density at radius 1 is 0.978 bits per heavy atom. The van der Waals surface area contributed by atoms with Gasteiger partial charge in [-0.15, -0.1) is 0 Å². The summed E-state index contributed by atoms with van der Waals surface area (Å²) in [7, 11) is 3.45. The molecule has 262 valence electrons. The molecule has 0 bridgehead atoms. The van der Waals surface area contributed by atoms with Crippen LogP contribution in [-0.2, 0) is 29.1 Å². The third-order valence-electron chi connectivity index (χ3n) is 8.53. The van der Waals surface area contributed by atoms with Gasteiger partial charge < -0.3 is 39.7 Å².